The molecular weight excluding hydrogens is 324 g/mol. The number of likely N-dealkylation sites (tertiary alicyclic amines) is 1. The number of anilines is 1. The molecule has 0 saturated carbocycles. The molecule has 146 valence electrons. The Labute approximate surface area is 159 Å². The van der Waals surface area contributed by atoms with E-state index in [4.69, 9.17) is 0 Å². The van der Waals surface area contributed by atoms with E-state index in [0.717, 1.165) is 43.7 Å². The zero-order valence-corrected chi connectivity index (χ0v) is 17.0. The van der Waals surface area contributed by atoms with Gasteiger partial charge in [0.1, 0.15) is 0 Å². The molecule has 0 aromatic carbocycles. The van der Waals surface area contributed by atoms with Crippen LogP contribution in [0.2, 0.25) is 0 Å². The summed E-state index contributed by atoms with van der Waals surface area (Å²) in [4.78, 5) is 16.4. The lowest BCUT2D eigenvalue weighted by Crippen LogP contribution is -2.55. The van der Waals surface area contributed by atoms with Gasteiger partial charge >= 0.3 is 0 Å². The second kappa shape index (κ2) is 8.63. The Kier molecular flexibility index (Phi) is 6.48. The van der Waals surface area contributed by atoms with Crippen LogP contribution in [-0.2, 0) is 6.54 Å². The molecule has 2 aliphatic rings. The van der Waals surface area contributed by atoms with Crippen LogP contribution in [0.4, 0.5) is 5.95 Å². The number of rotatable bonds is 7. The van der Waals surface area contributed by atoms with Crippen LogP contribution >= 0.6 is 0 Å². The largest absolute Gasteiger partial charge is 0.341 e. The normalized spacial score (nSPS) is 20.3. The molecule has 2 saturated heterocycles. The Balaban J connectivity index is 1.43. The first-order valence-electron chi connectivity index (χ1n) is 10.1. The average molecular weight is 361 g/mol. The molecule has 0 radical (unpaired) electrons. The van der Waals surface area contributed by atoms with Gasteiger partial charge in [0.05, 0.1) is 0 Å². The van der Waals surface area contributed by atoms with E-state index in [1.54, 1.807) is 0 Å². The molecule has 6 heteroatoms. The van der Waals surface area contributed by atoms with E-state index in [1.165, 1.54) is 38.8 Å². The van der Waals surface area contributed by atoms with Crippen LogP contribution in [0.1, 0.15) is 45.1 Å². The monoisotopic (exact) mass is 360 g/mol. The number of nitrogens with zero attached hydrogens (tertiary/aromatic N) is 5. The fraction of sp³-hybridized carbons (Fsp3) is 0.800. The van der Waals surface area contributed by atoms with Crippen molar-refractivity contribution in [2.45, 2.75) is 57.7 Å². The number of nitrogens with one attached hydrogen (secondary N) is 1. The molecule has 1 aromatic heterocycles. The lowest BCUT2D eigenvalue weighted by atomic mass is 9.96. The predicted octanol–water partition coefficient (Wildman–Crippen LogP) is 1.97. The summed E-state index contributed by atoms with van der Waals surface area (Å²) < 4.78 is 0. The first kappa shape index (κ1) is 19.5. The molecule has 0 spiro atoms. The van der Waals surface area contributed by atoms with Crippen LogP contribution in [0.3, 0.4) is 0 Å². The fourth-order valence-electron chi connectivity index (χ4n) is 4.13. The Morgan fingerprint density at radius 2 is 1.69 bits per heavy atom. The van der Waals surface area contributed by atoms with Crippen molar-refractivity contribution < 1.29 is 0 Å². The average Bonchev–Trinajstić information content (AvgIpc) is 3.17. The van der Waals surface area contributed by atoms with Gasteiger partial charge in [-0.3, -0.25) is 4.90 Å². The topological polar surface area (TPSA) is 47.5 Å². The van der Waals surface area contributed by atoms with Gasteiger partial charge in [-0.1, -0.05) is 0 Å². The lowest BCUT2D eigenvalue weighted by Gasteiger charge is -2.44. The quantitative estimate of drug-likeness (QED) is 0.802. The highest BCUT2D eigenvalue weighted by Crippen LogP contribution is 2.22. The smallest absolute Gasteiger partial charge is 0.225 e. The maximum atomic E-state index is 4.55. The first-order chi connectivity index (χ1) is 12.5. The minimum Gasteiger partial charge on any atom is -0.341 e. The molecule has 0 amide bonds. The van der Waals surface area contributed by atoms with E-state index < -0.39 is 0 Å². The molecule has 3 rings (SSSR count). The minimum atomic E-state index is 0.174. The summed E-state index contributed by atoms with van der Waals surface area (Å²) in [6.45, 7) is 11.1. The van der Waals surface area contributed by atoms with Gasteiger partial charge in [0.25, 0.3) is 0 Å². The van der Waals surface area contributed by atoms with Crippen LogP contribution < -0.4 is 10.2 Å². The maximum Gasteiger partial charge on any atom is 0.225 e. The van der Waals surface area contributed by atoms with Crippen LogP contribution in [0.25, 0.3) is 0 Å². The van der Waals surface area contributed by atoms with Gasteiger partial charge in [0.15, 0.2) is 0 Å². The second-order valence-corrected chi connectivity index (χ2v) is 8.68. The van der Waals surface area contributed by atoms with Crippen molar-refractivity contribution in [3.63, 3.8) is 0 Å². The minimum absolute atomic E-state index is 0.174. The van der Waals surface area contributed by atoms with Gasteiger partial charge in [-0.2, -0.15) is 0 Å². The van der Waals surface area contributed by atoms with Gasteiger partial charge in [-0.25, -0.2) is 9.97 Å². The second-order valence-electron chi connectivity index (χ2n) is 8.68. The molecule has 6 nitrogen and oxygen atoms in total. The van der Waals surface area contributed by atoms with Gasteiger partial charge in [0, 0.05) is 68.8 Å². The molecule has 0 atom stereocenters. The van der Waals surface area contributed by atoms with Crippen molar-refractivity contribution in [2.75, 3.05) is 51.7 Å². The van der Waals surface area contributed by atoms with Crippen molar-refractivity contribution in [1.82, 2.24) is 25.1 Å². The van der Waals surface area contributed by atoms with E-state index in [0.29, 0.717) is 0 Å². The maximum absolute atomic E-state index is 4.55. The van der Waals surface area contributed by atoms with Gasteiger partial charge in [-0.05, 0) is 53.6 Å². The number of hydrogen-bond donors (Lipinski definition) is 1. The molecule has 2 fully saturated rings. The van der Waals surface area contributed by atoms with E-state index in [9.17, 15) is 0 Å². The Morgan fingerprint density at radius 1 is 1.08 bits per heavy atom. The Bertz CT molecular complexity index is 542. The third kappa shape index (κ3) is 4.93. The van der Waals surface area contributed by atoms with Crippen LogP contribution in [0.15, 0.2) is 12.4 Å². The summed E-state index contributed by atoms with van der Waals surface area (Å²) in [5.74, 6) is 0.885. The molecule has 3 heterocycles. The van der Waals surface area contributed by atoms with Gasteiger partial charge < -0.3 is 15.1 Å². The highest BCUT2D eigenvalue weighted by atomic mass is 15.3. The number of hydrogen-bond acceptors (Lipinski definition) is 6. The van der Waals surface area contributed by atoms with E-state index in [1.807, 2.05) is 12.4 Å². The van der Waals surface area contributed by atoms with Crippen molar-refractivity contribution >= 4 is 5.95 Å². The Morgan fingerprint density at radius 3 is 2.27 bits per heavy atom. The molecule has 2 aliphatic heterocycles. The zero-order valence-electron chi connectivity index (χ0n) is 17.0. The molecule has 1 aromatic rings. The standard InChI is InChI=1S/C20H36N6/c1-20(2,26-11-7-18(8-12-26)24(3)4)16-21-13-17-14-22-19(23-15-17)25-9-5-6-10-25/h14-15,18,21H,5-13,16H2,1-4H3. The lowest BCUT2D eigenvalue weighted by molar-refractivity contribution is 0.0616. The molecule has 1 N–H and O–H groups in total. The van der Waals surface area contributed by atoms with Crippen LogP contribution in [-0.4, -0.2) is 78.2 Å². The summed E-state index contributed by atoms with van der Waals surface area (Å²) in [5, 5.41) is 3.62. The SMILES string of the molecule is CN(C)C1CCN(C(C)(C)CNCc2cnc(N3CCCC3)nc2)CC1. The number of piperidine rings is 1. The summed E-state index contributed by atoms with van der Waals surface area (Å²) in [7, 11) is 4.40. The first-order valence-corrected chi connectivity index (χ1v) is 10.1. The van der Waals surface area contributed by atoms with Crippen molar-refractivity contribution in [3.8, 4) is 0 Å². The summed E-state index contributed by atoms with van der Waals surface area (Å²) in [5.41, 5.74) is 1.34. The predicted molar refractivity (Wildman–Crippen MR) is 108 cm³/mol. The highest BCUT2D eigenvalue weighted by Gasteiger charge is 2.30. The molecule has 0 bridgehead atoms. The van der Waals surface area contributed by atoms with Crippen molar-refractivity contribution in [3.05, 3.63) is 18.0 Å². The summed E-state index contributed by atoms with van der Waals surface area (Å²) in [6, 6.07) is 0.737. The molecule has 26 heavy (non-hydrogen) atoms. The fourth-order valence-corrected chi connectivity index (χ4v) is 4.13. The van der Waals surface area contributed by atoms with Crippen LogP contribution in [0, 0.1) is 0 Å². The third-order valence-electron chi connectivity index (χ3n) is 6.02. The Hall–Kier alpha value is -1.24. The van der Waals surface area contributed by atoms with E-state index in [2.05, 4.69) is 57.9 Å². The van der Waals surface area contributed by atoms with Gasteiger partial charge in [-0.15, -0.1) is 0 Å². The molecule has 0 unspecified atom stereocenters. The summed E-state index contributed by atoms with van der Waals surface area (Å²) >= 11 is 0. The molecule has 0 aliphatic carbocycles. The zero-order chi connectivity index (χ0) is 18.6. The van der Waals surface area contributed by atoms with Crippen molar-refractivity contribution in [1.29, 1.82) is 0 Å². The molecular formula is C20H36N6. The summed E-state index contributed by atoms with van der Waals surface area (Å²) in [6.07, 6.45) is 9.00. The third-order valence-corrected chi connectivity index (χ3v) is 6.02. The van der Waals surface area contributed by atoms with Crippen LogP contribution in [0.5, 0.6) is 0 Å². The van der Waals surface area contributed by atoms with E-state index >= 15 is 0 Å². The van der Waals surface area contributed by atoms with Gasteiger partial charge in [0.2, 0.25) is 5.95 Å². The van der Waals surface area contributed by atoms with Crippen molar-refractivity contribution in [2.24, 2.45) is 0 Å². The highest BCUT2D eigenvalue weighted by molar-refractivity contribution is 5.30. The number of aromatic nitrogens is 2. The van der Waals surface area contributed by atoms with E-state index in [-0.39, 0.29) is 5.54 Å².